The molecular weight excluding hydrogens is 1000 g/mol. The predicted molar refractivity (Wildman–Crippen MR) is 340 cm³/mol. The SMILES string of the molecule is CCCCC/C=C\C/C=C\C/C=C\CCCCCCCCC(=O)OC(COC(=O)CCCCCCCCCCCCCCCCCCCCCCCCCCCCCCCCCCCCCC)COP(=O)(O)OCC[N+](C)(C)C. The Bertz CT molecular complexity index is 1430. The van der Waals surface area contributed by atoms with Crippen molar-refractivity contribution >= 4 is 19.8 Å². The summed E-state index contributed by atoms with van der Waals surface area (Å²) >= 11 is 0. The van der Waals surface area contributed by atoms with Crippen LogP contribution in [0.5, 0.6) is 0 Å². The van der Waals surface area contributed by atoms with Gasteiger partial charge in [0.15, 0.2) is 6.10 Å². The number of ether oxygens (including phenoxy) is 2. The number of allylic oxidation sites excluding steroid dienone is 6. The highest BCUT2D eigenvalue weighted by Crippen LogP contribution is 2.43. The zero-order valence-corrected chi connectivity index (χ0v) is 54.0. The van der Waals surface area contributed by atoms with Gasteiger partial charge in [-0.25, -0.2) is 4.57 Å². The number of quaternary nitrogens is 1. The van der Waals surface area contributed by atoms with Crippen LogP contribution in [0.1, 0.15) is 341 Å². The van der Waals surface area contributed by atoms with Gasteiger partial charge in [-0.3, -0.25) is 18.6 Å². The second-order valence-corrected chi connectivity index (χ2v) is 26.0. The first kappa shape index (κ1) is 77.2. The predicted octanol–water partition coefficient (Wildman–Crippen LogP) is 21.9. The van der Waals surface area contributed by atoms with Crippen molar-refractivity contribution in [2.24, 2.45) is 0 Å². The molecule has 0 heterocycles. The Morgan fingerprint density at radius 3 is 1.04 bits per heavy atom. The molecule has 0 spiro atoms. The van der Waals surface area contributed by atoms with Crippen LogP contribution in [0.3, 0.4) is 0 Å². The molecule has 79 heavy (non-hydrogen) atoms. The number of nitrogens with zero attached hydrogens (tertiary/aromatic N) is 1. The molecule has 0 aliphatic heterocycles. The van der Waals surface area contributed by atoms with E-state index in [9.17, 15) is 19.0 Å². The van der Waals surface area contributed by atoms with E-state index in [0.29, 0.717) is 23.9 Å². The van der Waals surface area contributed by atoms with E-state index in [0.717, 1.165) is 70.6 Å². The van der Waals surface area contributed by atoms with Crippen molar-refractivity contribution in [2.45, 2.75) is 347 Å². The van der Waals surface area contributed by atoms with Crippen molar-refractivity contribution in [3.63, 3.8) is 0 Å². The molecule has 0 aromatic carbocycles. The third kappa shape index (κ3) is 65.3. The monoisotopic (exact) mass is 1130 g/mol. The van der Waals surface area contributed by atoms with Gasteiger partial charge in [0, 0.05) is 12.8 Å². The first-order valence-corrected chi connectivity index (χ1v) is 35.7. The van der Waals surface area contributed by atoms with Gasteiger partial charge in [-0.15, -0.1) is 0 Å². The van der Waals surface area contributed by atoms with E-state index in [4.69, 9.17) is 18.5 Å². The van der Waals surface area contributed by atoms with Crippen molar-refractivity contribution in [1.29, 1.82) is 0 Å². The van der Waals surface area contributed by atoms with Gasteiger partial charge in [0.25, 0.3) is 0 Å². The summed E-state index contributed by atoms with van der Waals surface area (Å²) in [5.74, 6) is -0.797. The van der Waals surface area contributed by atoms with Gasteiger partial charge in [-0.1, -0.05) is 314 Å². The third-order valence-electron chi connectivity index (χ3n) is 15.4. The molecule has 0 aromatic heterocycles. The molecule has 466 valence electrons. The quantitative estimate of drug-likeness (QED) is 0.0211. The van der Waals surface area contributed by atoms with Crippen LogP contribution in [0.4, 0.5) is 0 Å². The molecule has 0 saturated heterocycles. The lowest BCUT2D eigenvalue weighted by atomic mass is 10.0. The highest BCUT2D eigenvalue weighted by atomic mass is 31.2. The lowest BCUT2D eigenvalue weighted by Crippen LogP contribution is -2.37. The molecule has 2 atom stereocenters. The van der Waals surface area contributed by atoms with Crippen molar-refractivity contribution < 1.29 is 42.1 Å². The summed E-state index contributed by atoms with van der Waals surface area (Å²) in [4.78, 5) is 35.8. The fraction of sp³-hybridized carbons (Fsp3) is 0.884. The zero-order chi connectivity index (χ0) is 57.7. The van der Waals surface area contributed by atoms with E-state index in [-0.39, 0.29) is 25.6 Å². The lowest BCUT2D eigenvalue weighted by Gasteiger charge is -2.24. The summed E-state index contributed by atoms with van der Waals surface area (Å²) in [7, 11) is 1.48. The molecule has 0 fully saturated rings. The van der Waals surface area contributed by atoms with E-state index in [1.54, 1.807) is 0 Å². The van der Waals surface area contributed by atoms with Gasteiger partial charge < -0.3 is 18.9 Å². The van der Waals surface area contributed by atoms with Crippen LogP contribution >= 0.6 is 7.82 Å². The summed E-state index contributed by atoms with van der Waals surface area (Å²) < 4.78 is 34.6. The van der Waals surface area contributed by atoms with Crippen LogP contribution in [0.15, 0.2) is 36.5 Å². The van der Waals surface area contributed by atoms with Gasteiger partial charge in [0.2, 0.25) is 0 Å². The molecule has 0 bridgehead atoms. The number of likely N-dealkylation sites (N-methyl/N-ethyl adjacent to an activating group) is 1. The Balaban J connectivity index is 3.93. The highest BCUT2D eigenvalue weighted by Gasteiger charge is 2.27. The van der Waals surface area contributed by atoms with Gasteiger partial charge in [0.05, 0.1) is 27.7 Å². The first-order valence-electron chi connectivity index (χ1n) is 34.2. The number of carbonyl (C=O) groups excluding carboxylic acids is 2. The molecule has 0 aliphatic carbocycles. The Labute approximate surface area is 491 Å². The van der Waals surface area contributed by atoms with E-state index < -0.39 is 26.5 Å². The molecule has 0 aromatic rings. The number of hydrogen-bond donors (Lipinski definition) is 1. The maximum absolute atomic E-state index is 12.8. The molecule has 0 saturated carbocycles. The number of phosphoric acid groups is 1. The first-order chi connectivity index (χ1) is 38.5. The molecule has 1 N–H and O–H groups in total. The molecular formula is C69H133NO8P+. The van der Waals surface area contributed by atoms with E-state index in [2.05, 4.69) is 50.3 Å². The molecule has 9 nitrogen and oxygen atoms in total. The summed E-state index contributed by atoms with van der Waals surface area (Å²) in [6.45, 7) is 4.44. The Kier molecular flexibility index (Phi) is 59.4. The van der Waals surface area contributed by atoms with Crippen molar-refractivity contribution in [2.75, 3.05) is 47.5 Å². The summed E-state index contributed by atoms with van der Waals surface area (Å²) in [5, 5.41) is 0. The second-order valence-electron chi connectivity index (χ2n) is 24.6. The van der Waals surface area contributed by atoms with Crippen LogP contribution in [-0.4, -0.2) is 74.9 Å². The largest absolute Gasteiger partial charge is 0.472 e. The summed E-state index contributed by atoms with van der Waals surface area (Å²) in [6.07, 6.45) is 76.9. The Hall–Kier alpha value is -1.77. The molecule has 0 aliphatic rings. The average molecular weight is 1140 g/mol. The average Bonchev–Trinajstić information content (AvgIpc) is 3.41. The van der Waals surface area contributed by atoms with Gasteiger partial charge in [-0.2, -0.15) is 0 Å². The van der Waals surface area contributed by atoms with Crippen molar-refractivity contribution in [3.8, 4) is 0 Å². The highest BCUT2D eigenvalue weighted by molar-refractivity contribution is 7.47. The van der Waals surface area contributed by atoms with Crippen molar-refractivity contribution in [1.82, 2.24) is 0 Å². The van der Waals surface area contributed by atoms with Gasteiger partial charge >= 0.3 is 19.8 Å². The molecule has 2 unspecified atom stereocenters. The smallest absolute Gasteiger partial charge is 0.462 e. The number of esters is 2. The molecule has 0 rings (SSSR count). The summed E-state index contributed by atoms with van der Waals surface area (Å²) in [6, 6.07) is 0. The zero-order valence-electron chi connectivity index (χ0n) is 53.1. The van der Waals surface area contributed by atoms with Crippen LogP contribution in [0, 0.1) is 0 Å². The fourth-order valence-corrected chi connectivity index (χ4v) is 10.9. The minimum atomic E-state index is -4.39. The number of carbonyl (C=O) groups is 2. The van der Waals surface area contributed by atoms with Gasteiger partial charge in [0.1, 0.15) is 19.8 Å². The van der Waals surface area contributed by atoms with E-state index in [1.807, 2.05) is 21.1 Å². The maximum Gasteiger partial charge on any atom is 0.472 e. The number of hydrogen-bond acceptors (Lipinski definition) is 7. The van der Waals surface area contributed by atoms with Crippen molar-refractivity contribution in [3.05, 3.63) is 36.5 Å². The van der Waals surface area contributed by atoms with Gasteiger partial charge in [-0.05, 0) is 51.4 Å². The maximum atomic E-state index is 12.8. The van der Waals surface area contributed by atoms with E-state index >= 15 is 0 Å². The molecule has 10 heteroatoms. The molecule has 0 amide bonds. The topological polar surface area (TPSA) is 108 Å². The standard InChI is InChI=1S/C69H132NO8P/c1-6-8-10-12-14-16-18-20-22-24-26-27-28-29-30-31-32-33-34-35-36-37-38-39-40-41-42-44-45-47-49-51-53-55-57-59-61-68(71)75-65-67(66-77-79(73,74)76-64-63-70(3,4)5)78-69(72)62-60-58-56-54-52-50-48-46-43-25-23-21-19-17-15-13-11-9-7-2/h15,17,21,23,43,46,67H,6-14,16,18-20,22,24-42,44-45,47-66H2,1-5H3/p+1/b17-15-,23-21-,46-43-. The number of phosphoric ester groups is 1. The lowest BCUT2D eigenvalue weighted by molar-refractivity contribution is -0.870. The Morgan fingerprint density at radius 1 is 0.392 bits per heavy atom. The van der Waals surface area contributed by atoms with Crippen LogP contribution in [0.25, 0.3) is 0 Å². The third-order valence-corrected chi connectivity index (χ3v) is 16.4. The van der Waals surface area contributed by atoms with Crippen LogP contribution < -0.4 is 0 Å². The minimum absolute atomic E-state index is 0.0301. The molecule has 0 radical (unpaired) electrons. The number of unbranched alkanes of at least 4 members (excludes halogenated alkanes) is 44. The van der Waals surface area contributed by atoms with Crippen LogP contribution in [0.2, 0.25) is 0 Å². The minimum Gasteiger partial charge on any atom is -0.462 e. The second kappa shape index (κ2) is 60.8. The normalized spacial score (nSPS) is 13.3. The summed E-state index contributed by atoms with van der Waals surface area (Å²) in [5.41, 5.74) is 0. The fourth-order valence-electron chi connectivity index (χ4n) is 10.1. The van der Waals surface area contributed by atoms with Crippen LogP contribution in [-0.2, 0) is 32.7 Å². The number of rotatable bonds is 64. The Morgan fingerprint density at radius 2 is 0.684 bits per heavy atom. The van der Waals surface area contributed by atoms with E-state index in [1.165, 1.54) is 238 Å².